The summed E-state index contributed by atoms with van der Waals surface area (Å²) in [5, 5.41) is 3.35. The Kier molecular flexibility index (Phi) is 4.01. The van der Waals surface area contributed by atoms with E-state index in [1.807, 2.05) is 41.3 Å². The van der Waals surface area contributed by atoms with Gasteiger partial charge in [-0.3, -0.25) is 4.90 Å². The van der Waals surface area contributed by atoms with Crippen molar-refractivity contribution in [2.45, 2.75) is 43.8 Å². The fraction of sp³-hybridized carbons (Fsp3) is 0.348. The first-order valence-electron chi connectivity index (χ1n) is 9.89. The molecule has 4 heteroatoms. The Morgan fingerprint density at radius 2 is 1.41 bits per heavy atom. The summed E-state index contributed by atoms with van der Waals surface area (Å²) >= 11 is 0. The molecule has 3 aliphatic heterocycles. The van der Waals surface area contributed by atoms with Crippen molar-refractivity contribution in [2.75, 3.05) is 11.9 Å². The number of amides is 2. The Labute approximate surface area is 160 Å². The highest BCUT2D eigenvalue weighted by molar-refractivity contribution is 6.05. The van der Waals surface area contributed by atoms with Gasteiger partial charge in [0.1, 0.15) is 0 Å². The van der Waals surface area contributed by atoms with Crippen LogP contribution in [-0.2, 0) is 0 Å². The molecule has 2 aromatic rings. The Balaban J connectivity index is 1.47. The predicted molar refractivity (Wildman–Crippen MR) is 110 cm³/mol. The summed E-state index contributed by atoms with van der Waals surface area (Å²) in [5.41, 5.74) is 4.00. The summed E-state index contributed by atoms with van der Waals surface area (Å²) in [6.45, 7) is 0. The summed E-state index contributed by atoms with van der Waals surface area (Å²) in [7, 11) is 2.23. The number of para-hydroxylation sites is 2. The Morgan fingerprint density at radius 1 is 0.889 bits per heavy atom. The smallest absolute Gasteiger partial charge is 0.326 e. The van der Waals surface area contributed by atoms with E-state index in [9.17, 15) is 4.79 Å². The van der Waals surface area contributed by atoms with Crippen LogP contribution in [0.4, 0.5) is 16.2 Å². The molecule has 138 valence electrons. The average molecular weight is 359 g/mol. The minimum Gasteiger partial charge on any atom is -0.335 e. The number of rotatable bonds is 1. The Morgan fingerprint density at radius 3 is 1.96 bits per heavy atom. The molecule has 0 spiro atoms. The van der Waals surface area contributed by atoms with Gasteiger partial charge in [0.15, 0.2) is 0 Å². The summed E-state index contributed by atoms with van der Waals surface area (Å²) in [6, 6.07) is 17.7. The van der Waals surface area contributed by atoms with Gasteiger partial charge >= 0.3 is 6.03 Å². The first-order valence-corrected chi connectivity index (χ1v) is 9.89. The van der Waals surface area contributed by atoms with Crippen molar-refractivity contribution in [3.8, 4) is 0 Å². The van der Waals surface area contributed by atoms with Crippen LogP contribution >= 0.6 is 0 Å². The SMILES string of the molecule is CN1[C@@H]2CC[C@@H]1CC(NC(=O)N1c3ccccc3C=Cc3ccccc31)C2. The summed E-state index contributed by atoms with van der Waals surface area (Å²) in [5.74, 6) is 0. The number of anilines is 2. The minimum atomic E-state index is -0.0208. The fourth-order valence-corrected chi connectivity index (χ4v) is 4.96. The van der Waals surface area contributed by atoms with Crippen molar-refractivity contribution >= 4 is 29.6 Å². The number of hydrogen-bond donors (Lipinski definition) is 1. The molecule has 4 nitrogen and oxygen atoms in total. The molecule has 0 aliphatic carbocycles. The first kappa shape index (κ1) is 16.6. The van der Waals surface area contributed by atoms with E-state index in [4.69, 9.17) is 0 Å². The van der Waals surface area contributed by atoms with E-state index in [1.165, 1.54) is 12.8 Å². The third-order valence-electron chi connectivity index (χ3n) is 6.43. The predicted octanol–water partition coefficient (Wildman–Crippen LogP) is 4.64. The molecule has 2 fully saturated rings. The van der Waals surface area contributed by atoms with E-state index < -0.39 is 0 Å². The molecule has 3 aliphatic rings. The van der Waals surface area contributed by atoms with E-state index in [1.54, 1.807) is 0 Å². The Bertz CT molecular complexity index is 843. The number of nitrogens with one attached hydrogen (secondary N) is 1. The maximum atomic E-state index is 13.4. The van der Waals surface area contributed by atoms with Crippen LogP contribution in [0.2, 0.25) is 0 Å². The van der Waals surface area contributed by atoms with E-state index in [2.05, 4.69) is 41.5 Å². The van der Waals surface area contributed by atoms with Crippen LogP contribution in [0.15, 0.2) is 48.5 Å². The van der Waals surface area contributed by atoms with Gasteiger partial charge in [-0.05, 0) is 56.0 Å². The van der Waals surface area contributed by atoms with Crippen LogP contribution < -0.4 is 10.2 Å². The van der Waals surface area contributed by atoms with Gasteiger partial charge in [-0.1, -0.05) is 48.6 Å². The molecule has 0 saturated carbocycles. The molecule has 2 amide bonds. The largest absolute Gasteiger partial charge is 0.335 e. The van der Waals surface area contributed by atoms with Crippen LogP contribution in [0, 0.1) is 0 Å². The Hall–Kier alpha value is -2.59. The molecule has 27 heavy (non-hydrogen) atoms. The number of carbonyl (C=O) groups is 1. The van der Waals surface area contributed by atoms with Gasteiger partial charge in [0.25, 0.3) is 0 Å². The molecular formula is C23H25N3O. The van der Waals surface area contributed by atoms with Gasteiger partial charge in [0.05, 0.1) is 11.4 Å². The zero-order valence-corrected chi connectivity index (χ0v) is 15.6. The van der Waals surface area contributed by atoms with E-state index in [-0.39, 0.29) is 12.1 Å². The lowest BCUT2D eigenvalue weighted by atomic mass is 9.98. The topological polar surface area (TPSA) is 35.6 Å². The molecule has 2 bridgehead atoms. The second kappa shape index (κ2) is 6.54. The van der Waals surface area contributed by atoms with Crippen molar-refractivity contribution in [1.82, 2.24) is 10.2 Å². The number of fused-ring (bicyclic) bond motifs is 4. The maximum Gasteiger partial charge on any atom is 0.326 e. The molecular weight excluding hydrogens is 334 g/mol. The highest BCUT2D eigenvalue weighted by Gasteiger charge is 2.39. The van der Waals surface area contributed by atoms with E-state index in [0.29, 0.717) is 12.1 Å². The molecule has 1 N–H and O–H groups in total. The second-order valence-corrected chi connectivity index (χ2v) is 7.95. The van der Waals surface area contributed by atoms with Crippen molar-refractivity contribution in [3.05, 3.63) is 59.7 Å². The van der Waals surface area contributed by atoms with E-state index >= 15 is 0 Å². The van der Waals surface area contributed by atoms with Gasteiger partial charge < -0.3 is 10.2 Å². The van der Waals surface area contributed by atoms with Crippen molar-refractivity contribution in [3.63, 3.8) is 0 Å². The first-order chi connectivity index (χ1) is 13.2. The van der Waals surface area contributed by atoms with Gasteiger partial charge in [0, 0.05) is 18.1 Å². The van der Waals surface area contributed by atoms with Crippen LogP contribution in [0.5, 0.6) is 0 Å². The van der Waals surface area contributed by atoms with Gasteiger partial charge in [0.2, 0.25) is 0 Å². The summed E-state index contributed by atoms with van der Waals surface area (Å²) in [4.78, 5) is 17.8. The normalized spacial score (nSPS) is 26.3. The van der Waals surface area contributed by atoms with Gasteiger partial charge in [-0.2, -0.15) is 0 Å². The maximum absolute atomic E-state index is 13.4. The fourth-order valence-electron chi connectivity index (χ4n) is 4.96. The monoisotopic (exact) mass is 359 g/mol. The highest BCUT2D eigenvalue weighted by atomic mass is 16.2. The number of nitrogens with zero attached hydrogens (tertiary/aromatic N) is 2. The number of benzene rings is 2. The molecule has 5 rings (SSSR count). The zero-order chi connectivity index (χ0) is 18.4. The summed E-state index contributed by atoms with van der Waals surface area (Å²) < 4.78 is 0. The van der Waals surface area contributed by atoms with Gasteiger partial charge in [-0.25, -0.2) is 4.79 Å². The van der Waals surface area contributed by atoms with Crippen molar-refractivity contribution in [2.24, 2.45) is 0 Å². The lowest BCUT2D eigenvalue weighted by molar-refractivity contribution is 0.150. The molecule has 3 heterocycles. The third-order valence-corrected chi connectivity index (χ3v) is 6.43. The average Bonchev–Trinajstić information content (AvgIpc) is 2.87. The molecule has 0 unspecified atom stereocenters. The lowest BCUT2D eigenvalue weighted by Crippen LogP contribution is -2.51. The lowest BCUT2D eigenvalue weighted by Gasteiger charge is -2.37. The number of urea groups is 1. The van der Waals surface area contributed by atoms with Crippen molar-refractivity contribution in [1.29, 1.82) is 0 Å². The van der Waals surface area contributed by atoms with Gasteiger partial charge in [-0.15, -0.1) is 0 Å². The van der Waals surface area contributed by atoms with Crippen LogP contribution in [0.25, 0.3) is 12.2 Å². The van der Waals surface area contributed by atoms with Crippen molar-refractivity contribution < 1.29 is 4.79 Å². The molecule has 2 atom stereocenters. The molecule has 0 radical (unpaired) electrons. The molecule has 0 aromatic heterocycles. The number of carbonyl (C=O) groups excluding carboxylic acids is 1. The number of piperidine rings is 1. The highest BCUT2D eigenvalue weighted by Crippen LogP contribution is 2.37. The van der Waals surface area contributed by atoms with Crippen LogP contribution in [0.3, 0.4) is 0 Å². The van der Waals surface area contributed by atoms with Crippen LogP contribution in [-0.4, -0.2) is 36.1 Å². The quantitative estimate of drug-likeness (QED) is 0.805. The standard InChI is InChI=1S/C23H25N3O/c1-25-19-12-13-20(25)15-18(14-19)24-23(27)26-21-8-4-2-6-16(21)10-11-17-7-3-5-9-22(17)26/h2-11,18-20H,12-15H2,1H3,(H,24,27)/t19-,20-/m1/s1. The van der Waals surface area contributed by atoms with Crippen LogP contribution in [0.1, 0.15) is 36.8 Å². The zero-order valence-electron chi connectivity index (χ0n) is 15.6. The van der Waals surface area contributed by atoms with E-state index in [0.717, 1.165) is 35.3 Å². The third kappa shape index (κ3) is 2.85. The summed E-state index contributed by atoms with van der Waals surface area (Å²) in [6.07, 6.45) is 8.80. The molecule has 2 aromatic carbocycles. The molecule has 2 saturated heterocycles. The minimum absolute atomic E-state index is 0.0208. The number of hydrogen-bond acceptors (Lipinski definition) is 2. The second-order valence-electron chi connectivity index (χ2n) is 7.95.